The summed E-state index contributed by atoms with van der Waals surface area (Å²) in [5.74, 6) is 0.275. The number of hydrogen-bond donors (Lipinski definition) is 0. The SMILES string of the molecule is CC(C)N(C(=O)CSc1nc2cc(Cl)ccc2c(=O)n1C(C)C)C(C)C. The van der Waals surface area contributed by atoms with Crippen molar-refractivity contribution in [2.24, 2.45) is 0 Å². The molecule has 0 aliphatic rings. The Bertz CT molecular complexity index is 854. The lowest BCUT2D eigenvalue weighted by atomic mass is 10.2. The van der Waals surface area contributed by atoms with Crippen LogP contribution in [-0.2, 0) is 4.79 Å². The first-order valence-electron chi connectivity index (χ1n) is 8.79. The van der Waals surface area contributed by atoms with Crippen molar-refractivity contribution in [3.63, 3.8) is 0 Å². The van der Waals surface area contributed by atoms with Gasteiger partial charge in [-0.15, -0.1) is 0 Å². The number of halogens is 1. The Labute approximate surface area is 163 Å². The van der Waals surface area contributed by atoms with Crippen molar-refractivity contribution in [3.8, 4) is 0 Å². The molecule has 26 heavy (non-hydrogen) atoms. The van der Waals surface area contributed by atoms with Crippen molar-refractivity contribution in [2.75, 3.05) is 5.75 Å². The number of thioether (sulfide) groups is 1. The first-order chi connectivity index (χ1) is 12.1. The van der Waals surface area contributed by atoms with E-state index in [0.29, 0.717) is 21.1 Å². The number of nitrogens with zero attached hydrogens (tertiary/aromatic N) is 3. The van der Waals surface area contributed by atoms with Gasteiger partial charge in [0.1, 0.15) is 0 Å². The van der Waals surface area contributed by atoms with Crippen molar-refractivity contribution in [2.45, 2.75) is 64.8 Å². The zero-order valence-corrected chi connectivity index (χ0v) is 17.7. The van der Waals surface area contributed by atoms with Gasteiger partial charge in [0.25, 0.3) is 5.56 Å². The van der Waals surface area contributed by atoms with Crippen LogP contribution in [0.3, 0.4) is 0 Å². The van der Waals surface area contributed by atoms with E-state index in [1.54, 1.807) is 22.8 Å². The first kappa shape index (κ1) is 20.8. The van der Waals surface area contributed by atoms with Gasteiger partial charge in [0.15, 0.2) is 5.16 Å². The molecule has 0 atom stereocenters. The highest BCUT2D eigenvalue weighted by Gasteiger charge is 2.22. The average molecular weight is 396 g/mol. The molecule has 1 aromatic heterocycles. The van der Waals surface area contributed by atoms with E-state index in [1.165, 1.54) is 11.8 Å². The normalized spacial score (nSPS) is 11.8. The number of benzene rings is 1. The molecule has 0 saturated carbocycles. The second kappa shape index (κ2) is 8.44. The molecule has 5 nitrogen and oxygen atoms in total. The number of aromatic nitrogens is 2. The van der Waals surface area contributed by atoms with E-state index in [2.05, 4.69) is 4.98 Å². The maximum Gasteiger partial charge on any atom is 0.262 e. The van der Waals surface area contributed by atoms with Crippen LogP contribution in [0, 0.1) is 0 Å². The zero-order valence-electron chi connectivity index (χ0n) is 16.1. The number of carbonyl (C=O) groups excluding carboxylic acids is 1. The summed E-state index contributed by atoms with van der Waals surface area (Å²) in [6, 6.07) is 5.27. The van der Waals surface area contributed by atoms with Gasteiger partial charge in [-0.2, -0.15) is 0 Å². The largest absolute Gasteiger partial charge is 0.337 e. The van der Waals surface area contributed by atoms with Gasteiger partial charge >= 0.3 is 0 Å². The maximum atomic E-state index is 12.9. The number of carbonyl (C=O) groups is 1. The molecule has 0 radical (unpaired) electrons. The molecule has 1 aromatic carbocycles. The van der Waals surface area contributed by atoms with E-state index < -0.39 is 0 Å². The summed E-state index contributed by atoms with van der Waals surface area (Å²) in [5.41, 5.74) is 0.445. The van der Waals surface area contributed by atoms with Crippen LogP contribution in [0.25, 0.3) is 10.9 Å². The maximum absolute atomic E-state index is 12.9. The lowest BCUT2D eigenvalue weighted by Gasteiger charge is -2.30. The molecule has 0 saturated heterocycles. The molecule has 0 spiro atoms. The van der Waals surface area contributed by atoms with Gasteiger partial charge in [-0.05, 0) is 59.7 Å². The predicted octanol–water partition coefficient (Wildman–Crippen LogP) is 4.37. The highest BCUT2D eigenvalue weighted by Crippen LogP contribution is 2.23. The summed E-state index contributed by atoms with van der Waals surface area (Å²) >= 11 is 7.35. The average Bonchev–Trinajstić information content (AvgIpc) is 2.51. The minimum atomic E-state index is -0.110. The van der Waals surface area contributed by atoms with Gasteiger partial charge in [-0.25, -0.2) is 4.98 Å². The monoisotopic (exact) mass is 395 g/mol. The standard InChI is InChI=1S/C19H26ClN3O2S/c1-11(2)22(12(3)4)17(24)10-26-19-21-16-9-14(20)7-8-15(16)18(25)23(19)13(5)6/h7-9,11-13H,10H2,1-6H3. The first-order valence-corrected chi connectivity index (χ1v) is 10.2. The fraction of sp³-hybridized carbons (Fsp3) is 0.526. The van der Waals surface area contributed by atoms with Crippen LogP contribution >= 0.6 is 23.4 Å². The minimum absolute atomic E-state index is 0.0377. The van der Waals surface area contributed by atoms with Gasteiger partial charge in [0, 0.05) is 23.1 Å². The molecule has 1 heterocycles. The Kier molecular flexibility index (Phi) is 6.74. The van der Waals surface area contributed by atoms with E-state index in [1.807, 2.05) is 46.4 Å². The third-order valence-electron chi connectivity index (χ3n) is 4.07. The fourth-order valence-electron chi connectivity index (χ4n) is 3.08. The topological polar surface area (TPSA) is 55.2 Å². The molecule has 142 valence electrons. The van der Waals surface area contributed by atoms with Crippen LogP contribution in [0.5, 0.6) is 0 Å². The van der Waals surface area contributed by atoms with Crippen molar-refractivity contribution in [1.29, 1.82) is 0 Å². The smallest absolute Gasteiger partial charge is 0.262 e. The van der Waals surface area contributed by atoms with Crippen LogP contribution in [0.4, 0.5) is 0 Å². The van der Waals surface area contributed by atoms with Crippen LogP contribution < -0.4 is 5.56 Å². The van der Waals surface area contributed by atoms with E-state index in [9.17, 15) is 9.59 Å². The summed E-state index contributed by atoms with van der Waals surface area (Å²) in [7, 11) is 0. The lowest BCUT2D eigenvalue weighted by molar-refractivity contribution is -0.131. The van der Waals surface area contributed by atoms with Crippen LogP contribution in [-0.4, -0.2) is 38.2 Å². The second-order valence-corrected chi connectivity index (χ2v) is 8.48. The summed E-state index contributed by atoms with van der Waals surface area (Å²) in [6.45, 7) is 11.9. The molecule has 1 amide bonds. The number of hydrogen-bond acceptors (Lipinski definition) is 4. The summed E-state index contributed by atoms with van der Waals surface area (Å²) in [5, 5.41) is 1.61. The lowest BCUT2D eigenvalue weighted by Crippen LogP contribution is -2.43. The Morgan fingerprint density at radius 1 is 1.19 bits per heavy atom. The van der Waals surface area contributed by atoms with E-state index in [-0.39, 0.29) is 35.3 Å². The summed E-state index contributed by atoms with van der Waals surface area (Å²) in [6.07, 6.45) is 0. The number of rotatable bonds is 6. The Balaban J connectivity index is 2.41. The van der Waals surface area contributed by atoms with E-state index in [0.717, 1.165) is 0 Å². The highest BCUT2D eigenvalue weighted by atomic mass is 35.5. The molecule has 0 aliphatic heterocycles. The van der Waals surface area contributed by atoms with Crippen molar-refractivity contribution >= 4 is 40.2 Å². The molecule has 0 fully saturated rings. The summed E-state index contributed by atoms with van der Waals surface area (Å²) < 4.78 is 1.64. The highest BCUT2D eigenvalue weighted by molar-refractivity contribution is 7.99. The quantitative estimate of drug-likeness (QED) is 0.538. The van der Waals surface area contributed by atoms with Gasteiger partial charge < -0.3 is 4.90 Å². The van der Waals surface area contributed by atoms with E-state index >= 15 is 0 Å². The van der Waals surface area contributed by atoms with Gasteiger partial charge in [0.05, 0.1) is 16.7 Å². The third kappa shape index (κ3) is 4.41. The number of amides is 1. The minimum Gasteiger partial charge on any atom is -0.337 e. The molecule has 0 bridgehead atoms. The molecule has 7 heteroatoms. The molecule has 2 rings (SSSR count). The molecule has 0 unspecified atom stereocenters. The van der Waals surface area contributed by atoms with Crippen LogP contribution in [0.1, 0.15) is 47.6 Å². The molecular formula is C19H26ClN3O2S. The van der Waals surface area contributed by atoms with Crippen LogP contribution in [0.2, 0.25) is 5.02 Å². The van der Waals surface area contributed by atoms with Gasteiger partial charge in [-0.1, -0.05) is 23.4 Å². The molecular weight excluding hydrogens is 370 g/mol. The Morgan fingerprint density at radius 3 is 2.35 bits per heavy atom. The molecule has 0 N–H and O–H groups in total. The number of fused-ring (bicyclic) bond motifs is 1. The van der Waals surface area contributed by atoms with Crippen molar-refractivity contribution < 1.29 is 4.79 Å². The second-order valence-electron chi connectivity index (χ2n) is 7.10. The summed E-state index contributed by atoms with van der Waals surface area (Å²) in [4.78, 5) is 32.0. The van der Waals surface area contributed by atoms with Gasteiger partial charge in [0.2, 0.25) is 5.91 Å². The Hall–Kier alpha value is -1.53. The van der Waals surface area contributed by atoms with Crippen molar-refractivity contribution in [3.05, 3.63) is 33.6 Å². The van der Waals surface area contributed by atoms with Crippen LogP contribution in [0.15, 0.2) is 28.2 Å². The van der Waals surface area contributed by atoms with E-state index in [4.69, 9.17) is 11.6 Å². The van der Waals surface area contributed by atoms with Crippen molar-refractivity contribution in [1.82, 2.24) is 14.5 Å². The molecule has 0 aliphatic carbocycles. The zero-order chi connectivity index (χ0) is 19.6. The molecule has 2 aromatic rings. The third-order valence-corrected chi connectivity index (χ3v) is 5.25. The van der Waals surface area contributed by atoms with Gasteiger partial charge in [-0.3, -0.25) is 14.2 Å². The predicted molar refractivity (Wildman–Crippen MR) is 109 cm³/mol. The Morgan fingerprint density at radius 2 is 1.81 bits per heavy atom. The fourth-order valence-corrected chi connectivity index (χ4v) is 4.25.